The van der Waals surface area contributed by atoms with Gasteiger partial charge in [0, 0.05) is 0 Å². The standard InChI is InChI=1S/C12H11O.C4H10N.2CH3.2ClH.H4Si.Ti/c1-2-6-11(7-3-1)10-13-12-8-4-5-9-12;1-4(2,3)5;;;;;;/h1-4,6-8H,5,10H2;5H,1-3H3;2*1H3;2*1H;1H4;/q4*-1;;;;+2/p-2. The van der Waals surface area contributed by atoms with Crippen LogP contribution in [-0.4, -0.2) is 16.5 Å². The van der Waals surface area contributed by atoms with Crippen LogP contribution in [0.2, 0.25) is 0 Å². The zero-order valence-electron chi connectivity index (χ0n) is 14.6. The molecule has 6 heteroatoms. The summed E-state index contributed by atoms with van der Waals surface area (Å²) < 4.78 is 5.51. The quantitative estimate of drug-likeness (QED) is 0.414. The maximum Gasteiger partial charge on any atom is 2.00 e. The molecule has 1 aliphatic rings. The van der Waals surface area contributed by atoms with Crippen LogP contribution in [0.15, 0.2) is 48.2 Å². The third-order valence-corrected chi connectivity index (χ3v) is 1.90. The molecule has 0 unspecified atom stereocenters. The van der Waals surface area contributed by atoms with Gasteiger partial charge in [-0.05, 0) is 16.5 Å². The number of benzene rings is 1. The van der Waals surface area contributed by atoms with Crippen molar-refractivity contribution in [1.82, 2.24) is 0 Å². The first-order valence-corrected chi connectivity index (χ1v) is 6.14. The van der Waals surface area contributed by atoms with Crippen molar-refractivity contribution in [2.45, 2.75) is 39.3 Å². The Morgan fingerprint density at radius 1 is 1.08 bits per heavy atom. The van der Waals surface area contributed by atoms with E-state index >= 15 is 0 Å². The molecule has 0 spiro atoms. The molecule has 2 nitrogen and oxygen atoms in total. The molecule has 1 N–H and O–H groups in total. The number of ether oxygens (including phenoxy) is 1. The molecule has 0 bridgehead atoms. The molecule has 2 rings (SSSR count). The molecule has 0 saturated carbocycles. The largest absolute Gasteiger partial charge is 2.00 e. The summed E-state index contributed by atoms with van der Waals surface area (Å²) in [7, 11) is 0. The first kappa shape index (κ1) is 39.2. The van der Waals surface area contributed by atoms with Crippen molar-refractivity contribution in [2.24, 2.45) is 0 Å². The maximum atomic E-state index is 6.94. The molecule has 0 heterocycles. The number of hydrogen-bond donors (Lipinski definition) is 0. The Bertz CT molecular complexity index is 415. The molecule has 24 heavy (non-hydrogen) atoms. The second-order valence-corrected chi connectivity index (χ2v) is 5.17. The van der Waals surface area contributed by atoms with Gasteiger partial charge in [0.25, 0.3) is 0 Å². The van der Waals surface area contributed by atoms with Crippen molar-refractivity contribution in [3.63, 3.8) is 0 Å². The fourth-order valence-corrected chi connectivity index (χ4v) is 1.22. The zero-order valence-corrected chi connectivity index (χ0v) is 17.7. The molecule has 0 aliphatic heterocycles. The van der Waals surface area contributed by atoms with Gasteiger partial charge in [0.1, 0.15) is 6.61 Å². The van der Waals surface area contributed by atoms with Crippen LogP contribution in [0.25, 0.3) is 5.73 Å². The van der Waals surface area contributed by atoms with E-state index in [1.165, 1.54) is 5.56 Å². The minimum atomic E-state index is -0.250. The Hall–Kier alpha value is -0.0288. The molecule has 140 valence electrons. The van der Waals surface area contributed by atoms with Gasteiger partial charge in [0.15, 0.2) is 0 Å². The van der Waals surface area contributed by atoms with E-state index in [-0.39, 0.29) is 77.9 Å². The van der Waals surface area contributed by atoms with E-state index in [0.29, 0.717) is 6.61 Å². The van der Waals surface area contributed by atoms with E-state index in [2.05, 4.69) is 18.2 Å². The van der Waals surface area contributed by atoms with Gasteiger partial charge in [0.05, 0.1) is 0 Å². The number of hydrogen-bond acceptors (Lipinski definition) is 1. The van der Waals surface area contributed by atoms with E-state index in [4.69, 9.17) is 10.5 Å². The van der Waals surface area contributed by atoms with Gasteiger partial charge >= 0.3 is 21.7 Å². The summed E-state index contributed by atoms with van der Waals surface area (Å²) >= 11 is 0. The van der Waals surface area contributed by atoms with Crippen LogP contribution >= 0.6 is 0 Å². The van der Waals surface area contributed by atoms with Crippen molar-refractivity contribution in [3.05, 3.63) is 80.5 Å². The molecule has 0 saturated heterocycles. The fraction of sp³-hybridized carbons (Fsp3) is 0.333. The fourth-order valence-electron chi connectivity index (χ4n) is 1.22. The van der Waals surface area contributed by atoms with Gasteiger partial charge in [0.2, 0.25) is 0 Å². The van der Waals surface area contributed by atoms with Crippen molar-refractivity contribution in [1.29, 1.82) is 0 Å². The van der Waals surface area contributed by atoms with E-state index in [1.807, 2.05) is 51.1 Å². The SMILES string of the molecule is CC(C)(C)[NH-].[C-]1=C(OCc2ccccc2)C=CC1.[CH3-].[CH3-].[Cl-].[Cl-].[SiH4].[Ti+2]. The molecule has 1 aromatic carbocycles. The first-order chi connectivity index (χ1) is 8.45. The van der Waals surface area contributed by atoms with E-state index in [9.17, 15) is 0 Å². The summed E-state index contributed by atoms with van der Waals surface area (Å²) in [5.74, 6) is 0.865. The van der Waals surface area contributed by atoms with Crippen LogP contribution in [0.4, 0.5) is 0 Å². The second kappa shape index (κ2) is 21.0. The Morgan fingerprint density at radius 2 is 1.54 bits per heavy atom. The second-order valence-electron chi connectivity index (χ2n) is 5.17. The van der Waals surface area contributed by atoms with Crippen molar-refractivity contribution >= 4 is 11.0 Å². The normalized spacial score (nSPS) is 10.2. The summed E-state index contributed by atoms with van der Waals surface area (Å²) in [6.45, 7) is 6.19. The van der Waals surface area contributed by atoms with Crippen LogP contribution in [0, 0.1) is 20.9 Å². The average Bonchev–Trinajstić information content (AvgIpc) is 2.78. The summed E-state index contributed by atoms with van der Waals surface area (Å²) in [6.07, 6.45) is 7.99. The van der Waals surface area contributed by atoms with Gasteiger partial charge in [-0.15, -0.1) is 12.0 Å². The van der Waals surface area contributed by atoms with E-state index in [0.717, 1.165) is 12.2 Å². The molecule has 0 radical (unpaired) electrons. The summed E-state index contributed by atoms with van der Waals surface area (Å²) in [6, 6.07) is 10.1. The topological polar surface area (TPSA) is 33.0 Å². The average molecular weight is 424 g/mol. The summed E-state index contributed by atoms with van der Waals surface area (Å²) in [5, 5.41) is 0. The van der Waals surface area contributed by atoms with E-state index < -0.39 is 0 Å². The summed E-state index contributed by atoms with van der Waals surface area (Å²) in [5.41, 5.74) is 7.88. The third kappa shape index (κ3) is 24.2. The number of halogens is 2. The Balaban J connectivity index is -0.0000000667. The number of rotatable bonds is 3. The van der Waals surface area contributed by atoms with Gasteiger partial charge in [-0.2, -0.15) is 12.2 Å². The van der Waals surface area contributed by atoms with Gasteiger partial charge in [-0.1, -0.05) is 56.9 Å². The predicted octanol–water partition coefficient (Wildman–Crippen LogP) is -1.86. The van der Waals surface area contributed by atoms with Gasteiger partial charge in [-0.25, -0.2) is 6.08 Å². The molecule has 0 amide bonds. The van der Waals surface area contributed by atoms with E-state index in [1.54, 1.807) is 0 Å². The zero-order chi connectivity index (χ0) is 13.4. The Labute approximate surface area is 181 Å². The molecule has 1 aromatic rings. The first-order valence-electron chi connectivity index (χ1n) is 6.14. The molecular weight excluding hydrogens is 393 g/mol. The molecule has 0 fully saturated rings. The van der Waals surface area contributed by atoms with Crippen LogP contribution in [0.1, 0.15) is 32.8 Å². The van der Waals surface area contributed by atoms with Crippen LogP contribution in [0.3, 0.4) is 0 Å². The van der Waals surface area contributed by atoms with Crippen LogP contribution in [0.5, 0.6) is 0 Å². The third-order valence-electron chi connectivity index (χ3n) is 1.90. The predicted molar refractivity (Wildman–Crippen MR) is 100.0 cm³/mol. The monoisotopic (exact) mass is 423 g/mol. The molecule has 0 atom stereocenters. The minimum absolute atomic E-state index is 0. The molecule has 1 aliphatic carbocycles. The van der Waals surface area contributed by atoms with Gasteiger partial charge < -0.3 is 50.1 Å². The molecule has 0 aromatic heterocycles. The van der Waals surface area contributed by atoms with Crippen LogP contribution < -0.4 is 24.8 Å². The van der Waals surface area contributed by atoms with Crippen molar-refractivity contribution in [3.8, 4) is 0 Å². The summed E-state index contributed by atoms with van der Waals surface area (Å²) in [4.78, 5) is 0. The van der Waals surface area contributed by atoms with Crippen molar-refractivity contribution < 1.29 is 51.3 Å². The molecular formula is C18H31Cl2NOSiTi-4. The number of nitrogens with one attached hydrogen (secondary N) is 1. The van der Waals surface area contributed by atoms with Crippen LogP contribution in [-0.2, 0) is 33.1 Å². The van der Waals surface area contributed by atoms with Crippen molar-refractivity contribution in [2.75, 3.05) is 0 Å². The maximum absolute atomic E-state index is 6.94. The Morgan fingerprint density at radius 3 is 1.92 bits per heavy atom. The number of allylic oxidation sites excluding steroid dienone is 3. The minimum Gasteiger partial charge on any atom is -1.00 e. The smallest absolute Gasteiger partial charge is 1.00 e. The van der Waals surface area contributed by atoms with Gasteiger partial charge in [-0.3, -0.25) is 0 Å². The Kier molecular flexibility index (Phi) is 34.3.